The lowest BCUT2D eigenvalue weighted by atomic mass is 9.93. The van der Waals surface area contributed by atoms with Gasteiger partial charge in [-0.3, -0.25) is 4.99 Å². The molecule has 18 heavy (non-hydrogen) atoms. The van der Waals surface area contributed by atoms with Crippen molar-refractivity contribution in [3.63, 3.8) is 0 Å². The van der Waals surface area contributed by atoms with Crippen molar-refractivity contribution >= 4 is 23.4 Å². The molecule has 0 aromatic heterocycles. The smallest absolute Gasteiger partial charge is 0.196 e. The number of anilines is 1. The molecular formula is C14H19N3S. The van der Waals surface area contributed by atoms with E-state index in [2.05, 4.69) is 41.1 Å². The van der Waals surface area contributed by atoms with Crippen molar-refractivity contribution in [2.24, 2.45) is 10.7 Å². The number of nitrogens with two attached hydrogens (primary N) is 1. The highest BCUT2D eigenvalue weighted by Crippen LogP contribution is 2.38. The summed E-state index contributed by atoms with van der Waals surface area (Å²) >= 11 is 2.03. The molecule has 1 spiro atoms. The van der Waals surface area contributed by atoms with Crippen LogP contribution in [0.25, 0.3) is 0 Å². The molecule has 0 amide bonds. The maximum absolute atomic E-state index is 6.13. The summed E-state index contributed by atoms with van der Waals surface area (Å²) < 4.78 is 0. The predicted molar refractivity (Wildman–Crippen MR) is 79.4 cm³/mol. The molecule has 1 aromatic rings. The average molecular weight is 261 g/mol. The van der Waals surface area contributed by atoms with Crippen LogP contribution in [0.2, 0.25) is 0 Å². The van der Waals surface area contributed by atoms with Gasteiger partial charge in [-0.25, -0.2) is 0 Å². The Labute approximate surface area is 112 Å². The number of hydrogen-bond donors (Lipinski definition) is 1. The van der Waals surface area contributed by atoms with Gasteiger partial charge in [-0.05, 0) is 43.2 Å². The number of hydrogen-bond acceptors (Lipinski definition) is 4. The summed E-state index contributed by atoms with van der Waals surface area (Å²) in [6.45, 7) is 2.97. The van der Waals surface area contributed by atoms with Crippen molar-refractivity contribution in [2.75, 3.05) is 23.0 Å². The maximum Gasteiger partial charge on any atom is 0.196 e. The normalized spacial score (nSPS) is 27.6. The van der Waals surface area contributed by atoms with Gasteiger partial charge in [0.15, 0.2) is 5.96 Å². The lowest BCUT2D eigenvalue weighted by Crippen LogP contribution is -2.55. The van der Waals surface area contributed by atoms with Crippen molar-refractivity contribution < 1.29 is 0 Å². The number of rotatable bonds is 1. The SMILES string of the molecule is Cc1cccc(N2C(N)=NCC23CCCSC3)c1. The molecule has 0 saturated carbocycles. The zero-order valence-electron chi connectivity index (χ0n) is 10.7. The summed E-state index contributed by atoms with van der Waals surface area (Å²) in [5.41, 5.74) is 8.72. The van der Waals surface area contributed by atoms with E-state index in [9.17, 15) is 0 Å². The first-order valence-corrected chi connectivity index (χ1v) is 7.61. The van der Waals surface area contributed by atoms with E-state index in [1.165, 1.54) is 29.8 Å². The maximum atomic E-state index is 6.13. The van der Waals surface area contributed by atoms with E-state index in [-0.39, 0.29) is 5.54 Å². The van der Waals surface area contributed by atoms with Crippen LogP contribution in [0.3, 0.4) is 0 Å². The van der Waals surface area contributed by atoms with Gasteiger partial charge < -0.3 is 10.6 Å². The molecule has 1 fully saturated rings. The Bertz CT molecular complexity index is 478. The third-order valence-electron chi connectivity index (χ3n) is 3.80. The van der Waals surface area contributed by atoms with E-state index in [0.29, 0.717) is 5.96 Å². The monoisotopic (exact) mass is 261 g/mol. The molecule has 2 heterocycles. The zero-order valence-corrected chi connectivity index (χ0v) is 11.5. The van der Waals surface area contributed by atoms with E-state index >= 15 is 0 Å². The van der Waals surface area contributed by atoms with Gasteiger partial charge >= 0.3 is 0 Å². The summed E-state index contributed by atoms with van der Waals surface area (Å²) in [7, 11) is 0. The van der Waals surface area contributed by atoms with Gasteiger partial charge in [-0.1, -0.05) is 12.1 Å². The summed E-state index contributed by atoms with van der Waals surface area (Å²) in [6.07, 6.45) is 2.45. The van der Waals surface area contributed by atoms with Gasteiger partial charge in [0.2, 0.25) is 0 Å². The molecular weight excluding hydrogens is 242 g/mol. The lowest BCUT2D eigenvalue weighted by molar-refractivity contribution is 0.457. The van der Waals surface area contributed by atoms with Gasteiger partial charge in [0.05, 0.1) is 12.1 Å². The first-order valence-electron chi connectivity index (χ1n) is 6.46. The Morgan fingerprint density at radius 1 is 1.44 bits per heavy atom. The van der Waals surface area contributed by atoms with E-state index in [4.69, 9.17) is 5.73 Å². The minimum absolute atomic E-state index is 0.126. The lowest BCUT2D eigenvalue weighted by Gasteiger charge is -2.41. The molecule has 1 saturated heterocycles. The van der Waals surface area contributed by atoms with Crippen LogP contribution in [0.4, 0.5) is 5.69 Å². The number of benzene rings is 1. The van der Waals surface area contributed by atoms with E-state index in [1.807, 2.05) is 11.8 Å². The predicted octanol–water partition coefficient (Wildman–Crippen LogP) is 2.40. The Hall–Kier alpha value is -1.16. The molecule has 1 unspecified atom stereocenters. The molecule has 96 valence electrons. The second kappa shape index (κ2) is 4.50. The second-order valence-corrected chi connectivity index (χ2v) is 6.33. The van der Waals surface area contributed by atoms with Crippen LogP contribution in [-0.2, 0) is 0 Å². The fourth-order valence-corrected chi connectivity index (χ4v) is 4.16. The number of thioether (sulfide) groups is 1. The number of guanidine groups is 1. The van der Waals surface area contributed by atoms with Gasteiger partial charge in [-0.2, -0.15) is 11.8 Å². The molecule has 1 aromatic carbocycles. The van der Waals surface area contributed by atoms with Gasteiger partial charge in [0, 0.05) is 11.4 Å². The third-order valence-corrected chi connectivity index (χ3v) is 5.12. The van der Waals surface area contributed by atoms with Crippen molar-refractivity contribution in [1.29, 1.82) is 0 Å². The largest absolute Gasteiger partial charge is 0.369 e. The van der Waals surface area contributed by atoms with Gasteiger partial charge in [0.25, 0.3) is 0 Å². The summed E-state index contributed by atoms with van der Waals surface area (Å²) in [4.78, 5) is 6.78. The number of aryl methyl sites for hydroxylation is 1. The fourth-order valence-electron chi connectivity index (χ4n) is 2.92. The van der Waals surface area contributed by atoms with Crippen molar-refractivity contribution in [3.05, 3.63) is 29.8 Å². The van der Waals surface area contributed by atoms with E-state index < -0.39 is 0 Å². The Kier molecular flexibility index (Phi) is 2.98. The fraction of sp³-hybridized carbons (Fsp3) is 0.500. The molecule has 0 aliphatic carbocycles. The first kappa shape index (κ1) is 11.9. The molecule has 0 radical (unpaired) electrons. The number of nitrogens with zero attached hydrogens (tertiary/aromatic N) is 2. The second-order valence-electron chi connectivity index (χ2n) is 5.23. The van der Waals surface area contributed by atoms with Gasteiger partial charge in [-0.15, -0.1) is 0 Å². The van der Waals surface area contributed by atoms with Gasteiger partial charge in [0.1, 0.15) is 0 Å². The Balaban J connectivity index is 1.98. The molecule has 0 bridgehead atoms. The highest BCUT2D eigenvalue weighted by atomic mass is 32.2. The van der Waals surface area contributed by atoms with Crippen molar-refractivity contribution in [3.8, 4) is 0 Å². The summed E-state index contributed by atoms with van der Waals surface area (Å²) in [5, 5.41) is 0. The molecule has 2 N–H and O–H groups in total. The summed E-state index contributed by atoms with van der Waals surface area (Å²) in [6, 6.07) is 8.56. The van der Waals surface area contributed by atoms with Crippen LogP contribution in [0.15, 0.2) is 29.3 Å². The molecule has 2 aliphatic rings. The highest BCUT2D eigenvalue weighted by Gasteiger charge is 2.44. The topological polar surface area (TPSA) is 41.6 Å². The Morgan fingerprint density at radius 2 is 2.33 bits per heavy atom. The van der Waals surface area contributed by atoms with Crippen LogP contribution < -0.4 is 10.6 Å². The minimum Gasteiger partial charge on any atom is -0.369 e. The van der Waals surface area contributed by atoms with Crippen LogP contribution in [-0.4, -0.2) is 29.5 Å². The van der Waals surface area contributed by atoms with Crippen molar-refractivity contribution in [1.82, 2.24) is 0 Å². The van der Waals surface area contributed by atoms with Crippen molar-refractivity contribution in [2.45, 2.75) is 25.3 Å². The molecule has 3 nitrogen and oxygen atoms in total. The molecule has 4 heteroatoms. The minimum atomic E-state index is 0.126. The number of aliphatic imine (C=N–C) groups is 1. The third kappa shape index (κ3) is 1.88. The van der Waals surface area contributed by atoms with E-state index in [0.717, 1.165) is 12.3 Å². The quantitative estimate of drug-likeness (QED) is 0.844. The first-order chi connectivity index (χ1) is 8.71. The Morgan fingerprint density at radius 3 is 3.06 bits per heavy atom. The highest BCUT2D eigenvalue weighted by molar-refractivity contribution is 7.99. The zero-order chi connectivity index (χ0) is 12.6. The average Bonchev–Trinajstić information content (AvgIpc) is 2.67. The standard InChI is InChI=1S/C14H19N3S/c1-11-4-2-5-12(8-11)17-13(15)16-9-14(17)6-3-7-18-10-14/h2,4-5,8H,3,6-7,9-10H2,1H3,(H2,15,16). The molecule has 1 atom stereocenters. The molecule has 2 aliphatic heterocycles. The molecule has 3 rings (SSSR count). The van der Waals surface area contributed by atoms with Crippen LogP contribution in [0.5, 0.6) is 0 Å². The summed E-state index contributed by atoms with van der Waals surface area (Å²) in [5.74, 6) is 3.08. The van der Waals surface area contributed by atoms with Crippen LogP contribution in [0.1, 0.15) is 18.4 Å². The van der Waals surface area contributed by atoms with Crippen LogP contribution in [0, 0.1) is 6.92 Å². The van der Waals surface area contributed by atoms with E-state index in [1.54, 1.807) is 0 Å². The van der Waals surface area contributed by atoms with Crippen LogP contribution >= 0.6 is 11.8 Å².